The third kappa shape index (κ3) is 4.75. The van der Waals surface area contributed by atoms with E-state index >= 15 is 0 Å². The molecule has 0 spiro atoms. The van der Waals surface area contributed by atoms with Gasteiger partial charge in [0.1, 0.15) is 17.9 Å². The Labute approximate surface area is 200 Å². The second-order valence-electron chi connectivity index (χ2n) is 8.90. The fourth-order valence-corrected chi connectivity index (χ4v) is 4.58. The Balaban J connectivity index is 1.66. The predicted octanol–water partition coefficient (Wildman–Crippen LogP) is 3.67. The number of likely N-dealkylation sites (tertiary alicyclic amines) is 1. The molecule has 0 unspecified atom stereocenters. The van der Waals surface area contributed by atoms with Crippen molar-refractivity contribution < 1.29 is 19.1 Å². The van der Waals surface area contributed by atoms with E-state index in [1.807, 2.05) is 74.5 Å². The fraction of sp³-hybridized carbons (Fsp3) is 0.370. The summed E-state index contributed by atoms with van der Waals surface area (Å²) in [7, 11) is 3.10. The van der Waals surface area contributed by atoms with Crippen LogP contribution in [0.2, 0.25) is 0 Å². The monoisotopic (exact) mass is 461 g/mol. The highest BCUT2D eigenvalue weighted by molar-refractivity contribution is 5.89. The lowest BCUT2D eigenvalue weighted by atomic mass is 10.0. The lowest BCUT2D eigenvalue weighted by Crippen LogP contribution is -2.51. The van der Waals surface area contributed by atoms with Crippen LogP contribution in [0.15, 0.2) is 60.7 Å². The van der Waals surface area contributed by atoms with Crippen LogP contribution in [-0.4, -0.2) is 60.7 Å². The lowest BCUT2D eigenvalue weighted by Gasteiger charge is -2.28. The summed E-state index contributed by atoms with van der Waals surface area (Å²) >= 11 is 0. The number of fused-ring (bicyclic) bond motifs is 1. The highest BCUT2D eigenvalue weighted by Gasteiger charge is 2.43. The van der Waals surface area contributed by atoms with E-state index in [2.05, 4.69) is 5.32 Å². The molecule has 2 aromatic carbocycles. The Hall–Kier alpha value is -3.45. The first-order valence-electron chi connectivity index (χ1n) is 11.6. The molecule has 7 heteroatoms. The van der Waals surface area contributed by atoms with E-state index in [9.17, 15) is 9.59 Å². The van der Waals surface area contributed by atoms with Gasteiger partial charge in [0.25, 0.3) is 0 Å². The normalized spacial score (nSPS) is 18.8. The van der Waals surface area contributed by atoms with Crippen LogP contribution in [0.4, 0.5) is 0 Å². The van der Waals surface area contributed by atoms with Gasteiger partial charge in [-0.2, -0.15) is 0 Å². The predicted molar refractivity (Wildman–Crippen MR) is 131 cm³/mol. The summed E-state index contributed by atoms with van der Waals surface area (Å²) in [6, 6.07) is 18.6. The number of nitrogens with one attached hydrogen (secondary N) is 1. The van der Waals surface area contributed by atoms with Crippen LogP contribution in [-0.2, 0) is 14.3 Å². The molecule has 0 bridgehead atoms. The van der Waals surface area contributed by atoms with Gasteiger partial charge >= 0.3 is 5.97 Å². The van der Waals surface area contributed by atoms with E-state index in [1.54, 1.807) is 11.9 Å². The number of esters is 1. The maximum atomic E-state index is 13.3. The molecule has 0 radical (unpaired) electrons. The Morgan fingerprint density at radius 2 is 1.79 bits per heavy atom. The van der Waals surface area contributed by atoms with Crippen LogP contribution in [0.3, 0.4) is 0 Å². The smallest absolute Gasteiger partial charge is 0.328 e. The van der Waals surface area contributed by atoms with Gasteiger partial charge in [0.05, 0.1) is 30.9 Å². The highest BCUT2D eigenvalue weighted by Crippen LogP contribution is 2.33. The van der Waals surface area contributed by atoms with E-state index in [0.717, 1.165) is 22.2 Å². The third-order valence-electron chi connectivity index (χ3n) is 6.30. The Morgan fingerprint density at radius 3 is 2.47 bits per heavy atom. The molecule has 0 aliphatic carbocycles. The van der Waals surface area contributed by atoms with Gasteiger partial charge in [-0.05, 0) is 25.1 Å². The van der Waals surface area contributed by atoms with Crippen molar-refractivity contribution in [3.05, 3.63) is 60.7 Å². The minimum atomic E-state index is -0.682. The van der Waals surface area contributed by atoms with Crippen molar-refractivity contribution in [2.45, 2.75) is 38.5 Å². The number of para-hydroxylation sites is 1. The standard InChI is InChI=1S/C27H31N3O4/c1-17(2)25(28-3)26(31)30-16-19(14-23(30)27(32)33-4)34-24-15-22(18-10-6-5-7-11-18)29-21-13-9-8-12-20(21)24/h5-13,15,17,19,23,25,28H,14,16H2,1-4H3/t19-,23+,25+/m1/s1. The largest absolute Gasteiger partial charge is 0.488 e. The highest BCUT2D eigenvalue weighted by atomic mass is 16.5. The van der Waals surface area contributed by atoms with Gasteiger partial charge in [-0.3, -0.25) is 4.79 Å². The van der Waals surface area contributed by atoms with Gasteiger partial charge in [-0.1, -0.05) is 56.3 Å². The first-order chi connectivity index (χ1) is 16.4. The summed E-state index contributed by atoms with van der Waals surface area (Å²) in [5.41, 5.74) is 2.62. The second-order valence-corrected chi connectivity index (χ2v) is 8.90. The average molecular weight is 462 g/mol. The molecule has 1 saturated heterocycles. The van der Waals surface area contributed by atoms with Crippen molar-refractivity contribution in [1.82, 2.24) is 15.2 Å². The topological polar surface area (TPSA) is 80.8 Å². The number of benzene rings is 2. The number of rotatable bonds is 7. The molecule has 1 aliphatic rings. The van der Waals surface area contributed by atoms with Gasteiger partial charge in [-0.25, -0.2) is 9.78 Å². The van der Waals surface area contributed by atoms with Crippen LogP contribution in [0.25, 0.3) is 22.2 Å². The molecule has 3 aromatic rings. The molecule has 2 heterocycles. The number of pyridine rings is 1. The SMILES string of the molecule is CN[C@H](C(=O)N1C[C@H](Oc2cc(-c3ccccc3)nc3ccccc23)C[C@H]1C(=O)OC)C(C)C. The summed E-state index contributed by atoms with van der Waals surface area (Å²) in [5, 5.41) is 3.96. The number of likely N-dealkylation sites (N-methyl/N-ethyl adjacent to an activating group) is 1. The van der Waals surface area contributed by atoms with E-state index in [-0.39, 0.29) is 17.9 Å². The summed E-state index contributed by atoms with van der Waals surface area (Å²) in [6.07, 6.45) is 0.0108. The molecule has 4 rings (SSSR count). The van der Waals surface area contributed by atoms with E-state index in [4.69, 9.17) is 14.5 Å². The first-order valence-corrected chi connectivity index (χ1v) is 11.6. The summed E-state index contributed by atoms with van der Waals surface area (Å²) in [6.45, 7) is 4.26. The number of aromatic nitrogens is 1. The van der Waals surface area contributed by atoms with E-state index < -0.39 is 18.1 Å². The van der Waals surface area contributed by atoms with Crippen molar-refractivity contribution in [2.24, 2.45) is 5.92 Å². The lowest BCUT2D eigenvalue weighted by molar-refractivity contribution is -0.152. The summed E-state index contributed by atoms with van der Waals surface area (Å²) in [5.74, 6) is 0.209. The van der Waals surface area contributed by atoms with Crippen molar-refractivity contribution in [3.63, 3.8) is 0 Å². The molecule has 0 saturated carbocycles. The minimum Gasteiger partial charge on any atom is -0.488 e. The van der Waals surface area contributed by atoms with Crippen molar-refractivity contribution in [2.75, 3.05) is 20.7 Å². The molecule has 1 N–H and O–H groups in total. The van der Waals surface area contributed by atoms with Crippen LogP contribution in [0.5, 0.6) is 5.75 Å². The molecule has 34 heavy (non-hydrogen) atoms. The van der Waals surface area contributed by atoms with Gasteiger partial charge < -0.3 is 19.7 Å². The number of hydrogen-bond acceptors (Lipinski definition) is 6. The Kier molecular flexibility index (Phi) is 7.12. The van der Waals surface area contributed by atoms with Crippen LogP contribution < -0.4 is 10.1 Å². The molecule has 3 atom stereocenters. The van der Waals surface area contributed by atoms with Crippen molar-refractivity contribution >= 4 is 22.8 Å². The van der Waals surface area contributed by atoms with Gasteiger partial charge in [-0.15, -0.1) is 0 Å². The summed E-state index contributed by atoms with van der Waals surface area (Å²) in [4.78, 5) is 32.2. The minimum absolute atomic E-state index is 0.0772. The Bertz CT molecular complexity index is 1170. The number of carbonyl (C=O) groups excluding carboxylic acids is 2. The summed E-state index contributed by atoms with van der Waals surface area (Å²) < 4.78 is 11.5. The quantitative estimate of drug-likeness (QED) is 0.541. The first kappa shape index (κ1) is 23.7. The van der Waals surface area contributed by atoms with Crippen LogP contribution >= 0.6 is 0 Å². The molecular formula is C27H31N3O4. The van der Waals surface area contributed by atoms with Crippen molar-refractivity contribution in [3.8, 4) is 17.0 Å². The zero-order valence-electron chi connectivity index (χ0n) is 20.0. The number of carbonyl (C=O) groups is 2. The van der Waals surface area contributed by atoms with E-state index in [1.165, 1.54) is 7.11 Å². The number of amides is 1. The van der Waals surface area contributed by atoms with Gasteiger partial charge in [0.2, 0.25) is 5.91 Å². The fourth-order valence-electron chi connectivity index (χ4n) is 4.58. The maximum absolute atomic E-state index is 13.3. The third-order valence-corrected chi connectivity index (χ3v) is 6.30. The maximum Gasteiger partial charge on any atom is 0.328 e. The number of nitrogens with zero attached hydrogens (tertiary/aromatic N) is 2. The number of methoxy groups -OCH3 is 1. The van der Waals surface area contributed by atoms with Crippen molar-refractivity contribution in [1.29, 1.82) is 0 Å². The second kappa shape index (κ2) is 10.2. The van der Waals surface area contributed by atoms with Crippen LogP contribution in [0, 0.1) is 5.92 Å². The molecule has 1 amide bonds. The van der Waals surface area contributed by atoms with E-state index in [0.29, 0.717) is 18.7 Å². The molecule has 7 nitrogen and oxygen atoms in total. The zero-order valence-corrected chi connectivity index (χ0v) is 20.0. The van der Waals surface area contributed by atoms with Gasteiger partial charge in [0, 0.05) is 23.4 Å². The number of hydrogen-bond donors (Lipinski definition) is 1. The number of ether oxygens (including phenoxy) is 2. The molecule has 1 aromatic heterocycles. The molecule has 1 fully saturated rings. The molecular weight excluding hydrogens is 430 g/mol. The Morgan fingerprint density at radius 1 is 1.09 bits per heavy atom. The van der Waals surface area contributed by atoms with Gasteiger partial charge in [0.15, 0.2) is 0 Å². The zero-order chi connectivity index (χ0) is 24.2. The van der Waals surface area contributed by atoms with Crippen LogP contribution in [0.1, 0.15) is 20.3 Å². The average Bonchev–Trinajstić information content (AvgIpc) is 3.28. The molecule has 178 valence electrons. The molecule has 1 aliphatic heterocycles.